The molecule has 0 heterocycles. The molecule has 0 aliphatic heterocycles. The van der Waals surface area contributed by atoms with Gasteiger partial charge in [0.05, 0.1) is 0 Å². The predicted molar refractivity (Wildman–Crippen MR) is 78.9 cm³/mol. The first kappa shape index (κ1) is 13.2. The normalized spacial score (nSPS) is 12.7. The van der Waals surface area contributed by atoms with Gasteiger partial charge in [-0.2, -0.15) is 0 Å². The van der Waals surface area contributed by atoms with Crippen molar-refractivity contribution in [3.63, 3.8) is 0 Å². The summed E-state index contributed by atoms with van der Waals surface area (Å²) in [4.78, 5) is 11.0. The molecule has 2 aromatic rings. The molecule has 0 atom stereocenters. The van der Waals surface area contributed by atoms with Crippen LogP contribution in [0.1, 0.15) is 13.8 Å². The Morgan fingerprint density at radius 1 is 0.833 bits per heavy atom. The molecule has 0 aliphatic rings. The molecular weight excluding hydrogens is 243 g/mol. The van der Waals surface area contributed by atoms with Crippen molar-refractivity contribution < 1.29 is 9.42 Å². The summed E-state index contributed by atoms with van der Waals surface area (Å²) >= 11 is 0. The van der Waals surface area contributed by atoms with Crippen LogP contribution in [-0.4, -0.2) is 11.0 Å². The molecule has 2 nitrogen and oxygen atoms in total. The summed E-state index contributed by atoms with van der Waals surface area (Å²) in [6.45, 7) is 3.90. The average molecular weight is 262 g/mol. The van der Waals surface area contributed by atoms with E-state index in [0.29, 0.717) is 0 Å². The van der Waals surface area contributed by atoms with Crippen molar-refractivity contribution in [2.24, 2.45) is 0 Å². The SMILES string of the molecule is CC(C)O[PH](O)(c1ccccc1)c1ccccc1. The Bertz CT molecular complexity index is 443. The van der Waals surface area contributed by atoms with Crippen LogP contribution in [0, 0.1) is 0 Å². The van der Waals surface area contributed by atoms with Crippen LogP contribution in [0.3, 0.4) is 0 Å². The second-order valence-corrected chi connectivity index (χ2v) is 7.22. The van der Waals surface area contributed by atoms with Crippen LogP contribution in [0.5, 0.6) is 0 Å². The summed E-state index contributed by atoms with van der Waals surface area (Å²) in [6, 6.07) is 19.3. The first-order valence-electron chi connectivity index (χ1n) is 6.14. The summed E-state index contributed by atoms with van der Waals surface area (Å²) in [6.07, 6.45) is -0.0120. The maximum absolute atomic E-state index is 11.0. The van der Waals surface area contributed by atoms with Gasteiger partial charge in [-0.05, 0) is 0 Å². The fourth-order valence-corrected chi connectivity index (χ4v) is 4.55. The van der Waals surface area contributed by atoms with E-state index in [0.717, 1.165) is 10.6 Å². The third kappa shape index (κ3) is 2.78. The zero-order valence-electron chi connectivity index (χ0n) is 10.7. The zero-order valence-corrected chi connectivity index (χ0v) is 11.7. The van der Waals surface area contributed by atoms with Gasteiger partial charge in [0.1, 0.15) is 0 Å². The van der Waals surface area contributed by atoms with E-state index in [4.69, 9.17) is 4.52 Å². The predicted octanol–water partition coefficient (Wildman–Crippen LogP) is 2.63. The third-order valence-electron chi connectivity index (χ3n) is 2.74. The number of rotatable bonds is 4. The summed E-state index contributed by atoms with van der Waals surface area (Å²) < 4.78 is 5.90. The summed E-state index contributed by atoms with van der Waals surface area (Å²) in [5.41, 5.74) is 0. The second kappa shape index (κ2) is 5.62. The Labute approximate surface area is 109 Å². The quantitative estimate of drug-likeness (QED) is 0.858. The first-order chi connectivity index (χ1) is 8.63. The molecule has 3 heteroatoms. The summed E-state index contributed by atoms with van der Waals surface area (Å²) in [7, 11) is -3.06. The Kier molecular flexibility index (Phi) is 4.13. The van der Waals surface area contributed by atoms with Crippen molar-refractivity contribution >= 4 is 18.3 Å². The Balaban J connectivity index is 2.48. The molecule has 0 aromatic heterocycles. The van der Waals surface area contributed by atoms with Gasteiger partial charge in [0.25, 0.3) is 0 Å². The van der Waals surface area contributed by atoms with Gasteiger partial charge in [-0.1, -0.05) is 0 Å². The number of benzene rings is 2. The van der Waals surface area contributed by atoms with Crippen LogP contribution in [0.4, 0.5) is 0 Å². The average Bonchev–Trinajstić information content (AvgIpc) is 2.40. The van der Waals surface area contributed by atoms with Crippen molar-refractivity contribution in [2.75, 3.05) is 0 Å². The second-order valence-electron chi connectivity index (χ2n) is 4.54. The summed E-state index contributed by atoms with van der Waals surface area (Å²) in [5.74, 6) is 0. The van der Waals surface area contributed by atoms with Crippen molar-refractivity contribution in [1.29, 1.82) is 0 Å². The van der Waals surface area contributed by atoms with Crippen molar-refractivity contribution in [1.82, 2.24) is 0 Å². The monoisotopic (exact) mass is 262 g/mol. The van der Waals surface area contributed by atoms with E-state index in [1.54, 1.807) is 0 Å². The van der Waals surface area contributed by atoms with Gasteiger partial charge in [-0.3, -0.25) is 0 Å². The van der Waals surface area contributed by atoms with Crippen LogP contribution in [-0.2, 0) is 4.52 Å². The van der Waals surface area contributed by atoms with Gasteiger partial charge in [-0.25, -0.2) is 0 Å². The molecule has 18 heavy (non-hydrogen) atoms. The van der Waals surface area contributed by atoms with E-state index in [-0.39, 0.29) is 6.10 Å². The summed E-state index contributed by atoms with van der Waals surface area (Å²) in [5, 5.41) is 1.76. The standard InChI is InChI=1S/C15H19O2P/c1-13(2)17-18(16,14-9-5-3-6-10-14)15-11-7-4-8-12-15/h3-13,16,18H,1-2H3. The van der Waals surface area contributed by atoms with Gasteiger partial charge in [-0.15, -0.1) is 0 Å². The fourth-order valence-electron chi connectivity index (χ4n) is 1.97. The Hall–Kier alpha value is -1.21. The zero-order chi connectivity index (χ0) is 13.0. The van der Waals surface area contributed by atoms with Crippen molar-refractivity contribution in [3.8, 4) is 0 Å². The third-order valence-corrected chi connectivity index (χ3v) is 5.78. The first-order valence-corrected chi connectivity index (χ1v) is 7.99. The van der Waals surface area contributed by atoms with Gasteiger partial charge in [0.2, 0.25) is 0 Å². The van der Waals surface area contributed by atoms with Crippen LogP contribution >= 0.6 is 7.72 Å². The van der Waals surface area contributed by atoms with Crippen LogP contribution in [0.15, 0.2) is 60.7 Å². The van der Waals surface area contributed by atoms with E-state index in [2.05, 4.69) is 0 Å². The van der Waals surface area contributed by atoms with E-state index < -0.39 is 7.72 Å². The number of hydrogen-bond donors (Lipinski definition) is 1. The molecule has 96 valence electrons. The minimum atomic E-state index is -3.06. The van der Waals surface area contributed by atoms with E-state index in [1.807, 2.05) is 74.5 Å². The molecule has 2 aromatic carbocycles. The molecule has 1 N–H and O–H groups in total. The Morgan fingerprint density at radius 2 is 1.22 bits per heavy atom. The molecule has 0 saturated carbocycles. The molecule has 0 radical (unpaired) electrons. The van der Waals surface area contributed by atoms with E-state index in [9.17, 15) is 4.89 Å². The number of hydrogen-bond acceptors (Lipinski definition) is 2. The maximum atomic E-state index is 11.0. The van der Waals surface area contributed by atoms with Crippen molar-refractivity contribution in [2.45, 2.75) is 20.0 Å². The molecule has 2 rings (SSSR count). The van der Waals surface area contributed by atoms with Crippen molar-refractivity contribution in [3.05, 3.63) is 60.7 Å². The van der Waals surface area contributed by atoms with Gasteiger partial charge in [0.15, 0.2) is 0 Å². The molecular formula is C15H19O2P. The molecule has 0 amide bonds. The van der Waals surface area contributed by atoms with Crippen LogP contribution in [0.2, 0.25) is 0 Å². The van der Waals surface area contributed by atoms with Gasteiger partial charge < -0.3 is 0 Å². The van der Waals surface area contributed by atoms with Gasteiger partial charge >= 0.3 is 108 Å². The molecule has 0 unspecified atom stereocenters. The molecule has 0 saturated heterocycles. The fraction of sp³-hybridized carbons (Fsp3) is 0.200. The molecule has 0 spiro atoms. The molecule has 0 bridgehead atoms. The van der Waals surface area contributed by atoms with Gasteiger partial charge in [0, 0.05) is 0 Å². The van der Waals surface area contributed by atoms with Crippen LogP contribution < -0.4 is 10.6 Å². The van der Waals surface area contributed by atoms with E-state index in [1.165, 1.54) is 0 Å². The molecule has 0 fully saturated rings. The minimum absolute atomic E-state index is 0.0120. The molecule has 0 aliphatic carbocycles. The Morgan fingerprint density at radius 3 is 1.56 bits per heavy atom. The van der Waals surface area contributed by atoms with E-state index >= 15 is 0 Å². The topological polar surface area (TPSA) is 29.5 Å². The van der Waals surface area contributed by atoms with Crippen LogP contribution in [0.25, 0.3) is 0 Å².